The Morgan fingerprint density at radius 1 is 1.21 bits per heavy atom. The molecule has 0 aliphatic carbocycles. The number of hydrogen-bond acceptors (Lipinski definition) is 3. The van der Waals surface area contributed by atoms with Crippen molar-refractivity contribution in [2.24, 2.45) is 5.92 Å². The third-order valence-corrected chi connectivity index (χ3v) is 4.71. The molecule has 1 unspecified atom stereocenters. The topological polar surface area (TPSA) is 52.7 Å². The first kappa shape index (κ1) is 18.7. The first-order chi connectivity index (χ1) is 11.1. The van der Waals surface area contributed by atoms with Crippen molar-refractivity contribution in [3.8, 4) is 0 Å². The van der Waals surface area contributed by atoms with Crippen molar-refractivity contribution in [1.82, 2.24) is 15.1 Å². The van der Waals surface area contributed by atoms with E-state index in [0.29, 0.717) is 19.5 Å². The van der Waals surface area contributed by atoms with Gasteiger partial charge in [-0.3, -0.25) is 9.59 Å². The second-order valence-corrected chi connectivity index (χ2v) is 6.59. The fourth-order valence-corrected chi connectivity index (χ4v) is 3.33. The van der Waals surface area contributed by atoms with Crippen LogP contribution in [0.5, 0.6) is 0 Å². The minimum atomic E-state index is -0.175. The number of amides is 2. The van der Waals surface area contributed by atoms with Crippen LogP contribution in [0.4, 0.5) is 0 Å². The first-order valence-corrected chi connectivity index (χ1v) is 8.46. The van der Waals surface area contributed by atoms with Crippen molar-refractivity contribution in [3.05, 3.63) is 35.4 Å². The number of benzene rings is 1. The molecule has 2 fully saturated rings. The molecule has 2 amide bonds. The number of halogens is 1. The quantitative estimate of drug-likeness (QED) is 0.899. The molecule has 2 saturated heterocycles. The van der Waals surface area contributed by atoms with Gasteiger partial charge in [0.05, 0.1) is 5.92 Å². The van der Waals surface area contributed by atoms with Crippen LogP contribution in [0.1, 0.15) is 24.0 Å². The minimum Gasteiger partial charge on any atom is -0.341 e. The molecular weight excluding hydrogens is 326 g/mol. The normalized spacial score (nSPS) is 21.4. The van der Waals surface area contributed by atoms with Crippen LogP contribution in [-0.2, 0) is 16.1 Å². The van der Waals surface area contributed by atoms with Gasteiger partial charge in [-0.2, -0.15) is 0 Å². The molecule has 0 spiro atoms. The third-order valence-electron chi connectivity index (χ3n) is 4.71. The number of aryl methyl sites for hydroxylation is 1. The summed E-state index contributed by atoms with van der Waals surface area (Å²) in [6.07, 6.45) is 1.34. The second kappa shape index (κ2) is 8.49. The van der Waals surface area contributed by atoms with Crippen molar-refractivity contribution >= 4 is 24.2 Å². The maximum atomic E-state index is 12.7. The number of nitrogens with zero attached hydrogens (tertiary/aromatic N) is 2. The smallest absolute Gasteiger partial charge is 0.228 e. The summed E-state index contributed by atoms with van der Waals surface area (Å²) in [5.74, 6) is 0.0661. The summed E-state index contributed by atoms with van der Waals surface area (Å²) < 4.78 is 0. The van der Waals surface area contributed by atoms with E-state index in [9.17, 15) is 9.59 Å². The zero-order valence-corrected chi connectivity index (χ0v) is 15.0. The predicted octanol–water partition coefficient (Wildman–Crippen LogP) is 1.59. The van der Waals surface area contributed by atoms with E-state index in [-0.39, 0.29) is 30.1 Å². The van der Waals surface area contributed by atoms with Gasteiger partial charge in [-0.1, -0.05) is 29.8 Å². The van der Waals surface area contributed by atoms with Gasteiger partial charge in [0, 0.05) is 39.1 Å². The molecular formula is C18H26ClN3O2. The van der Waals surface area contributed by atoms with Crippen LogP contribution >= 0.6 is 12.4 Å². The number of carbonyl (C=O) groups excluding carboxylic acids is 2. The lowest BCUT2D eigenvalue weighted by molar-refractivity contribution is -0.135. The highest BCUT2D eigenvalue weighted by Crippen LogP contribution is 2.22. The highest BCUT2D eigenvalue weighted by molar-refractivity contribution is 5.89. The van der Waals surface area contributed by atoms with Crippen molar-refractivity contribution in [2.45, 2.75) is 26.3 Å². The summed E-state index contributed by atoms with van der Waals surface area (Å²) in [6, 6.07) is 8.22. The molecule has 0 bridgehead atoms. The van der Waals surface area contributed by atoms with Gasteiger partial charge in [-0.25, -0.2) is 0 Å². The largest absolute Gasteiger partial charge is 0.341 e. The van der Waals surface area contributed by atoms with Gasteiger partial charge in [-0.05, 0) is 25.5 Å². The van der Waals surface area contributed by atoms with Gasteiger partial charge in [0.1, 0.15) is 0 Å². The molecule has 1 atom stereocenters. The predicted molar refractivity (Wildman–Crippen MR) is 96.0 cm³/mol. The van der Waals surface area contributed by atoms with Gasteiger partial charge in [-0.15, -0.1) is 12.4 Å². The fourth-order valence-electron chi connectivity index (χ4n) is 3.33. The van der Waals surface area contributed by atoms with Crippen LogP contribution in [0.3, 0.4) is 0 Å². The maximum absolute atomic E-state index is 12.7. The standard InChI is InChI=1S/C18H25N3O2.ClH/c1-14-3-5-15(6-4-14)12-21-13-16(11-17(21)22)18(23)20-9-2-7-19-8-10-20;/h3-6,16,19H,2,7-13H2,1H3;1H. The number of rotatable bonds is 3. The molecule has 132 valence electrons. The number of nitrogens with one attached hydrogen (secondary N) is 1. The molecule has 24 heavy (non-hydrogen) atoms. The van der Waals surface area contributed by atoms with E-state index in [2.05, 4.69) is 36.5 Å². The van der Waals surface area contributed by atoms with E-state index in [0.717, 1.165) is 38.2 Å². The molecule has 1 aromatic rings. The fraction of sp³-hybridized carbons (Fsp3) is 0.556. The van der Waals surface area contributed by atoms with E-state index in [1.807, 2.05) is 9.80 Å². The highest BCUT2D eigenvalue weighted by Gasteiger charge is 2.36. The van der Waals surface area contributed by atoms with Crippen molar-refractivity contribution in [1.29, 1.82) is 0 Å². The minimum absolute atomic E-state index is 0. The van der Waals surface area contributed by atoms with Crippen LogP contribution in [0.15, 0.2) is 24.3 Å². The summed E-state index contributed by atoms with van der Waals surface area (Å²) in [6.45, 7) is 6.57. The Morgan fingerprint density at radius 3 is 2.71 bits per heavy atom. The summed E-state index contributed by atoms with van der Waals surface area (Å²) in [5, 5.41) is 3.31. The van der Waals surface area contributed by atoms with E-state index < -0.39 is 0 Å². The lowest BCUT2D eigenvalue weighted by Crippen LogP contribution is -2.39. The molecule has 2 heterocycles. The lowest BCUT2D eigenvalue weighted by Gasteiger charge is -2.23. The monoisotopic (exact) mass is 351 g/mol. The first-order valence-electron chi connectivity index (χ1n) is 8.46. The van der Waals surface area contributed by atoms with E-state index >= 15 is 0 Å². The van der Waals surface area contributed by atoms with Crippen molar-refractivity contribution in [3.63, 3.8) is 0 Å². The Hall–Kier alpha value is -1.59. The molecule has 0 saturated carbocycles. The number of likely N-dealkylation sites (tertiary alicyclic amines) is 1. The Balaban J connectivity index is 0.00000208. The number of carbonyl (C=O) groups is 2. The van der Waals surface area contributed by atoms with Crippen molar-refractivity contribution in [2.75, 3.05) is 32.7 Å². The van der Waals surface area contributed by atoms with Crippen LogP contribution in [-0.4, -0.2) is 54.3 Å². The Bertz CT molecular complexity index is 568. The van der Waals surface area contributed by atoms with Crippen LogP contribution in [0.25, 0.3) is 0 Å². The van der Waals surface area contributed by atoms with Crippen LogP contribution < -0.4 is 5.32 Å². The Labute approximate surface area is 149 Å². The van der Waals surface area contributed by atoms with Crippen LogP contribution in [0, 0.1) is 12.8 Å². The molecule has 3 rings (SSSR count). The maximum Gasteiger partial charge on any atom is 0.228 e. The Kier molecular flexibility index (Phi) is 6.63. The van der Waals surface area contributed by atoms with Gasteiger partial charge in [0.2, 0.25) is 11.8 Å². The molecule has 5 nitrogen and oxygen atoms in total. The molecule has 0 radical (unpaired) electrons. The molecule has 6 heteroatoms. The highest BCUT2D eigenvalue weighted by atomic mass is 35.5. The van der Waals surface area contributed by atoms with Gasteiger partial charge in [0.15, 0.2) is 0 Å². The lowest BCUT2D eigenvalue weighted by atomic mass is 10.1. The SMILES string of the molecule is Cc1ccc(CN2CC(C(=O)N3CCCNCC3)CC2=O)cc1.Cl. The summed E-state index contributed by atoms with van der Waals surface area (Å²) in [5.41, 5.74) is 2.33. The average Bonchev–Trinajstić information content (AvgIpc) is 2.77. The Morgan fingerprint density at radius 2 is 1.96 bits per heavy atom. The molecule has 2 aliphatic heterocycles. The molecule has 0 aromatic heterocycles. The van der Waals surface area contributed by atoms with E-state index in [1.54, 1.807) is 0 Å². The van der Waals surface area contributed by atoms with Crippen molar-refractivity contribution < 1.29 is 9.59 Å². The van der Waals surface area contributed by atoms with E-state index in [1.165, 1.54) is 5.56 Å². The van der Waals surface area contributed by atoms with Gasteiger partial charge in [0.25, 0.3) is 0 Å². The average molecular weight is 352 g/mol. The molecule has 1 aromatic carbocycles. The zero-order chi connectivity index (χ0) is 16.2. The second-order valence-electron chi connectivity index (χ2n) is 6.59. The third kappa shape index (κ3) is 4.48. The number of hydrogen-bond donors (Lipinski definition) is 1. The zero-order valence-electron chi connectivity index (χ0n) is 14.2. The van der Waals surface area contributed by atoms with Gasteiger partial charge < -0.3 is 15.1 Å². The summed E-state index contributed by atoms with van der Waals surface area (Å²) in [4.78, 5) is 28.7. The van der Waals surface area contributed by atoms with Gasteiger partial charge >= 0.3 is 0 Å². The summed E-state index contributed by atoms with van der Waals surface area (Å²) >= 11 is 0. The van der Waals surface area contributed by atoms with Crippen LogP contribution in [0.2, 0.25) is 0 Å². The van der Waals surface area contributed by atoms with E-state index in [4.69, 9.17) is 0 Å². The molecule has 1 N–H and O–H groups in total. The summed E-state index contributed by atoms with van der Waals surface area (Å²) in [7, 11) is 0. The molecule has 2 aliphatic rings.